The lowest BCUT2D eigenvalue weighted by Crippen LogP contribution is -2.17. The molecule has 0 aliphatic rings. The second kappa shape index (κ2) is 8.45. The Balaban J connectivity index is 1.87. The van der Waals surface area contributed by atoms with Crippen molar-refractivity contribution in [2.45, 2.75) is 18.7 Å². The van der Waals surface area contributed by atoms with E-state index in [1.165, 1.54) is 12.1 Å². The maximum atomic E-state index is 12.7. The predicted molar refractivity (Wildman–Crippen MR) is 118 cm³/mol. The third-order valence-electron chi connectivity index (χ3n) is 4.27. The van der Waals surface area contributed by atoms with Crippen molar-refractivity contribution < 1.29 is 13.2 Å². The summed E-state index contributed by atoms with van der Waals surface area (Å²) in [7, 11) is -3.78. The number of carbonyl (C=O) groups is 1. The Bertz CT molecular complexity index is 1160. The van der Waals surface area contributed by atoms with Crippen molar-refractivity contribution in [2.24, 2.45) is 0 Å². The minimum atomic E-state index is -3.78. The van der Waals surface area contributed by atoms with Crippen LogP contribution in [-0.4, -0.2) is 14.3 Å². The van der Waals surface area contributed by atoms with Crippen LogP contribution in [0.5, 0.6) is 0 Å². The summed E-state index contributed by atoms with van der Waals surface area (Å²) in [5.74, 6) is -0.405. The average molecular weight is 449 g/mol. The van der Waals surface area contributed by atoms with Crippen molar-refractivity contribution in [1.29, 1.82) is 0 Å². The van der Waals surface area contributed by atoms with Gasteiger partial charge in [0, 0.05) is 21.3 Å². The van der Waals surface area contributed by atoms with Gasteiger partial charge in [0.2, 0.25) is 0 Å². The molecule has 0 atom stereocenters. The molecule has 0 unspecified atom stereocenters. The SMILES string of the molecule is Cc1ccc(S(=O)(=O)Nc2cccc(C(=O)Nc3cc(Cl)cc(Cl)c3)c2C)cc1. The van der Waals surface area contributed by atoms with E-state index in [-0.39, 0.29) is 4.90 Å². The number of aryl methyl sites for hydroxylation is 1. The molecule has 0 aliphatic carbocycles. The summed E-state index contributed by atoms with van der Waals surface area (Å²) in [6, 6.07) is 16.1. The van der Waals surface area contributed by atoms with Crippen LogP contribution < -0.4 is 10.0 Å². The number of anilines is 2. The van der Waals surface area contributed by atoms with Gasteiger partial charge < -0.3 is 5.32 Å². The number of rotatable bonds is 5. The van der Waals surface area contributed by atoms with Crippen LogP contribution in [0, 0.1) is 13.8 Å². The Kier molecular flexibility index (Phi) is 6.17. The van der Waals surface area contributed by atoms with Crippen LogP contribution in [-0.2, 0) is 10.0 Å². The number of nitrogens with one attached hydrogen (secondary N) is 2. The van der Waals surface area contributed by atoms with Gasteiger partial charge in [0.1, 0.15) is 0 Å². The summed E-state index contributed by atoms with van der Waals surface area (Å²) in [6.45, 7) is 3.55. The molecule has 0 bridgehead atoms. The summed E-state index contributed by atoms with van der Waals surface area (Å²) in [4.78, 5) is 12.9. The molecule has 0 fully saturated rings. The van der Waals surface area contributed by atoms with Crippen LogP contribution in [0.3, 0.4) is 0 Å². The quantitative estimate of drug-likeness (QED) is 0.528. The summed E-state index contributed by atoms with van der Waals surface area (Å²) in [6.07, 6.45) is 0. The zero-order valence-electron chi connectivity index (χ0n) is 15.7. The molecule has 0 spiro atoms. The molecular weight excluding hydrogens is 431 g/mol. The number of benzene rings is 3. The lowest BCUT2D eigenvalue weighted by Gasteiger charge is -2.14. The van der Waals surface area contributed by atoms with Gasteiger partial charge in [-0.2, -0.15) is 0 Å². The summed E-state index contributed by atoms with van der Waals surface area (Å²) < 4.78 is 27.9. The highest BCUT2D eigenvalue weighted by atomic mass is 35.5. The number of carbonyl (C=O) groups excluding carboxylic acids is 1. The van der Waals surface area contributed by atoms with Gasteiger partial charge in [-0.05, 0) is 61.9 Å². The summed E-state index contributed by atoms with van der Waals surface area (Å²) >= 11 is 11.9. The molecule has 3 aromatic carbocycles. The van der Waals surface area contributed by atoms with Crippen LogP contribution in [0.25, 0.3) is 0 Å². The molecular formula is C21H18Cl2N2O3S. The largest absolute Gasteiger partial charge is 0.322 e. The third kappa shape index (κ3) is 5.09. The highest BCUT2D eigenvalue weighted by Gasteiger charge is 2.18. The van der Waals surface area contributed by atoms with Gasteiger partial charge in [-0.1, -0.05) is 47.0 Å². The van der Waals surface area contributed by atoms with Gasteiger partial charge in [0.05, 0.1) is 10.6 Å². The molecule has 29 heavy (non-hydrogen) atoms. The Morgan fingerprint density at radius 3 is 2.14 bits per heavy atom. The minimum absolute atomic E-state index is 0.144. The molecule has 1 amide bonds. The van der Waals surface area contributed by atoms with E-state index in [2.05, 4.69) is 10.0 Å². The number of amides is 1. The number of halogens is 2. The second-order valence-corrected chi connectivity index (χ2v) is 9.06. The average Bonchev–Trinajstić information content (AvgIpc) is 2.62. The summed E-state index contributed by atoms with van der Waals surface area (Å²) in [5, 5.41) is 3.51. The molecule has 8 heteroatoms. The van der Waals surface area contributed by atoms with Crippen LogP contribution in [0.2, 0.25) is 10.0 Å². The van der Waals surface area contributed by atoms with Crippen LogP contribution >= 0.6 is 23.2 Å². The first kappa shape index (κ1) is 21.2. The van der Waals surface area contributed by atoms with E-state index < -0.39 is 15.9 Å². The molecule has 0 aliphatic heterocycles. The van der Waals surface area contributed by atoms with Crippen LogP contribution in [0.4, 0.5) is 11.4 Å². The second-order valence-electron chi connectivity index (χ2n) is 6.51. The van der Waals surface area contributed by atoms with Gasteiger partial charge in [-0.25, -0.2) is 8.42 Å². The fraction of sp³-hybridized carbons (Fsp3) is 0.0952. The number of hydrogen-bond acceptors (Lipinski definition) is 3. The normalized spacial score (nSPS) is 11.2. The smallest absolute Gasteiger partial charge is 0.261 e. The van der Waals surface area contributed by atoms with Gasteiger partial charge in [-0.15, -0.1) is 0 Å². The molecule has 2 N–H and O–H groups in total. The highest BCUT2D eigenvalue weighted by molar-refractivity contribution is 7.92. The standard InChI is InChI=1S/C21H18Cl2N2O3S/c1-13-6-8-18(9-7-13)29(27,28)25-20-5-3-4-19(14(20)2)21(26)24-17-11-15(22)10-16(23)12-17/h3-12,25H,1-2H3,(H,24,26). The molecule has 0 aromatic heterocycles. The zero-order valence-corrected chi connectivity index (χ0v) is 18.0. The van der Waals surface area contributed by atoms with Crippen molar-refractivity contribution in [1.82, 2.24) is 0 Å². The van der Waals surface area contributed by atoms with E-state index in [0.29, 0.717) is 32.5 Å². The third-order valence-corrected chi connectivity index (χ3v) is 6.09. The maximum absolute atomic E-state index is 12.7. The van der Waals surface area contributed by atoms with Crippen molar-refractivity contribution in [3.8, 4) is 0 Å². The maximum Gasteiger partial charge on any atom is 0.261 e. The van der Waals surface area contributed by atoms with E-state index in [0.717, 1.165) is 5.56 Å². The van der Waals surface area contributed by atoms with Crippen LogP contribution in [0.15, 0.2) is 65.6 Å². The molecule has 0 radical (unpaired) electrons. The lowest BCUT2D eigenvalue weighted by molar-refractivity contribution is 0.102. The van der Waals surface area contributed by atoms with E-state index in [1.54, 1.807) is 55.5 Å². The van der Waals surface area contributed by atoms with E-state index in [4.69, 9.17) is 23.2 Å². The molecule has 0 saturated heterocycles. The first-order valence-electron chi connectivity index (χ1n) is 8.62. The van der Waals surface area contributed by atoms with Gasteiger partial charge in [0.15, 0.2) is 0 Å². The topological polar surface area (TPSA) is 75.3 Å². The first-order valence-corrected chi connectivity index (χ1v) is 10.9. The zero-order chi connectivity index (χ0) is 21.2. The van der Waals surface area contributed by atoms with E-state index >= 15 is 0 Å². The summed E-state index contributed by atoms with van der Waals surface area (Å²) in [5.41, 5.74) is 2.54. The molecule has 3 aromatic rings. The fourth-order valence-electron chi connectivity index (χ4n) is 2.74. The van der Waals surface area contributed by atoms with Gasteiger partial charge >= 0.3 is 0 Å². The highest BCUT2D eigenvalue weighted by Crippen LogP contribution is 2.26. The fourth-order valence-corrected chi connectivity index (χ4v) is 4.39. The lowest BCUT2D eigenvalue weighted by atomic mass is 10.1. The van der Waals surface area contributed by atoms with Crippen molar-refractivity contribution >= 4 is 50.5 Å². The van der Waals surface area contributed by atoms with Gasteiger partial charge in [0.25, 0.3) is 15.9 Å². The number of hydrogen-bond donors (Lipinski definition) is 2. The van der Waals surface area contributed by atoms with Crippen LogP contribution in [0.1, 0.15) is 21.5 Å². The molecule has 0 saturated carbocycles. The Morgan fingerprint density at radius 1 is 0.897 bits per heavy atom. The van der Waals surface area contributed by atoms with Crippen molar-refractivity contribution in [3.05, 3.63) is 87.4 Å². The van der Waals surface area contributed by atoms with E-state index in [1.807, 2.05) is 6.92 Å². The van der Waals surface area contributed by atoms with Crippen molar-refractivity contribution in [3.63, 3.8) is 0 Å². The predicted octanol–water partition coefficient (Wildman–Crippen LogP) is 5.66. The monoisotopic (exact) mass is 448 g/mol. The molecule has 3 rings (SSSR count). The Labute approximate surface area is 179 Å². The molecule has 0 heterocycles. The number of sulfonamides is 1. The minimum Gasteiger partial charge on any atom is -0.322 e. The molecule has 5 nitrogen and oxygen atoms in total. The Morgan fingerprint density at radius 2 is 1.52 bits per heavy atom. The Hall–Kier alpha value is -2.54. The van der Waals surface area contributed by atoms with Crippen molar-refractivity contribution in [2.75, 3.05) is 10.0 Å². The van der Waals surface area contributed by atoms with E-state index in [9.17, 15) is 13.2 Å². The van der Waals surface area contributed by atoms with Gasteiger partial charge in [-0.3, -0.25) is 9.52 Å². The first-order chi connectivity index (χ1) is 13.7. The molecule has 150 valence electrons.